The van der Waals surface area contributed by atoms with Crippen LogP contribution in [0.4, 0.5) is 4.39 Å². The van der Waals surface area contributed by atoms with E-state index in [-0.39, 0.29) is 5.75 Å². The van der Waals surface area contributed by atoms with Crippen molar-refractivity contribution >= 4 is 10.9 Å². The van der Waals surface area contributed by atoms with Crippen LogP contribution in [0.2, 0.25) is 0 Å². The first-order valence-electron chi connectivity index (χ1n) is 5.25. The zero-order valence-electron chi connectivity index (χ0n) is 9.74. The van der Waals surface area contributed by atoms with Crippen LogP contribution in [0.5, 0.6) is 5.75 Å². The zero-order chi connectivity index (χ0) is 12.3. The van der Waals surface area contributed by atoms with Gasteiger partial charge >= 0.3 is 0 Å². The number of ether oxygens (including phenoxy) is 2. The predicted octanol–water partition coefficient (Wildman–Crippen LogP) is 2.10. The molecule has 17 heavy (non-hydrogen) atoms. The second-order valence-corrected chi connectivity index (χ2v) is 3.60. The fourth-order valence-corrected chi connectivity index (χ4v) is 1.53. The topological polar surface area (TPSA) is 44.2 Å². The number of benzene rings is 1. The van der Waals surface area contributed by atoms with E-state index in [0.717, 1.165) is 11.1 Å². The molecule has 0 bridgehead atoms. The molecule has 90 valence electrons. The predicted molar refractivity (Wildman–Crippen MR) is 61.6 cm³/mol. The van der Waals surface area contributed by atoms with Gasteiger partial charge in [0.1, 0.15) is 12.9 Å². The van der Waals surface area contributed by atoms with Crippen molar-refractivity contribution in [3.63, 3.8) is 0 Å². The fourth-order valence-electron chi connectivity index (χ4n) is 1.53. The molecule has 0 saturated heterocycles. The number of methoxy groups -OCH3 is 1. The van der Waals surface area contributed by atoms with E-state index in [2.05, 4.69) is 9.97 Å². The van der Waals surface area contributed by atoms with Crippen molar-refractivity contribution in [3.05, 3.63) is 30.0 Å². The Morgan fingerprint density at radius 1 is 1.24 bits per heavy atom. The lowest BCUT2D eigenvalue weighted by Gasteiger charge is -2.08. The van der Waals surface area contributed by atoms with Gasteiger partial charge in [-0.1, -0.05) is 0 Å². The standard InChI is InChI=1S/C12H13FN2O2/c1-8-9-5-12(17-4-3-16-2)10(13)6-11(9)15-7-14-8/h5-7H,3-4H2,1-2H3. The lowest BCUT2D eigenvalue weighted by Crippen LogP contribution is -2.05. The fraction of sp³-hybridized carbons (Fsp3) is 0.333. The summed E-state index contributed by atoms with van der Waals surface area (Å²) >= 11 is 0. The van der Waals surface area contributed by atoms with Gasteiger partial charge in [0.05, 0.1) is 12.1 Å². The second-order valence-electron chi connectivity index (χ2n) is 3.60. The van der Waals surface area contributed by atoms with E-state index in [9.17, 15) is 4.39 Å². The van der Waals surface area contributed by atoms with Crippen LogP contribution < -0.4 is 4.74 Å². The summed E-state index contributed by atoms with van der Waals surface area (Å²) in [6.45, 7) is 2.58. The molecule has 2 rings (SSSR count). The first-order valence-corrected chi connectivity index (χ1v) is 5.25. The van der Waals surface area contributed by atoms with Gasteiger partial charge in [-0.3, -0.25) is 0 Å². The highest BCUT2D eigenvalue weighted by Gasteiger charge is 2.08. The molecular formula is C12H13FN2O2. The first-order chi connectivity index (χ1) is 8.22. The van der Waals surface area contributed by atoms with Gasteiger partial charge in [-0.2, -0.15) is 0 Å². The monoisotopic (exact) mass is 236 g/mol. The minimum atomic E-state index is -0.424. The molecule has 2 aromatic rings. The summed E-state index contributed by atoms with van der Waals surface area (Å²) in [5, 5.41) is 0.793. The Hall–Kier alpha value is -1.75. The Morgan fingerprint density at radius 2 is 2.06 bits per heavy atom. The second kappa shape index (κ2) is 5.05. The molecular weight excluding hydrogens is 223 g/mol. The molecule has 4 nitrogen and oxygen atoms in total. The van der Waals surface area contributed by atoms with Crippen LogP contribution in [0.25, 0.3) is 10.9 Å². The summed E-state index contributed by atoms with van der Waals surface area (Å²) in [7, 11) is 1.57. The summed E-state index contributed by atoms with van der Waals surface area (Å²) in [4.78, 5) is 8.07. The number of aryl methyl sites for hydroxylation is 1. The van der Waals surface area contributed by atoms with Crippen LogP contribution in [0.15, 0.2) is 18.5 Å². The van der Waals surface area contributed by atoms with E-state index in [1.807, 2.05) is 6.92 Å². The van der Waals surface area contributed by atoms with Crippen molar-refractivity contribution in [1.29, 1.82) is 0 Å². The molecule has 0 N–H and O–H groups in total. The van der Waals surface area contributed by atoms with Gasteiger partial charge in [0.2, 0.25) is 0 Å². The van der Waals surface area contributed by atoms with Gasteiger partial charge in [-0.15, -0.1) is 0 Å². The van der Waals surface area contributed by atoms with Gasteiger partial charge < -0.3 is 9.47 Å². The van der Waals surface area contributed by atoms with Crippen molar-refractivity contribution in [2.24, 2.45) is 0 Å². The SMILES string of the molecule is COCCOc1cc2c(C)ncnc2cc1F. The Kier molecular flexibility index (Phi) is 3.49. The largest absolute Gasteiger partial charge is 0.488 e. The van der Waals surface area contributed by atoms with E-state index in [0.29, 0.717) is 18.7 Å². The Balaban J connectivity index is 2.36. The van der Waals surface area contributed by atoms with Crippen molar-refractivity contribution in [2.45, 2.75) is 6.92 Å². The van der Waals surface area contributed by atoms with Gasteiger partial charge in [-0.25, -0.2) is 14.4 Å². The maximum absolute atomic E-state index is 13.7. The van der Waals surface area contributed by atoms with Gasteiger partial charge in [0.25, 0.3) is 0 Å². The zero-order valence-corrected chi connectivity index (χ0v) is 9.74. The summed E-state index contributed by atoms with van der Waals surface area (Å²) in [6, 6.07) is 2.97. The highest BCUT2D eigenvalue weighted by atomic mass is 19.1. The maximum atomic E-state index is 13.7. The number of fused-ring (bicyclic) bond motifs is 1. The third kappa shape index (κ3) is 2.50. The minimum Gasteiger partial charge on any atom is -0.488 e. The van der Waals surface area contributed by atoms with Crippen LogP contribution >= 0.6 is 0 Å². The summed E-state index contributed by atoms with van der Waals surface area (Å²) in [5.41, 5.74) is 1.38. The maximum Gasteiger partial charge on any atom is 0.167 e. The number of rotatable bonds is 4. The van der Waals surface area contributed by atoms with E-state index >= 15 is 0 Å². The van der Waals surface area contributed by atoms with Crippen LogP contribution in [-0.2, 0) is 4.74 Å². The van der Waals surface area contributed by atoms with Gasteiger partial charge in [0.15, 0.2) is 11.6 Å². The third-order valence-corrected chi connectivity index (χ3v) is 2.43. The first kappa shape index (κ1) is 11.7. The molecule has 1 heterocycles. The molecule has 0 unspecified atom stereocenters. The molecule has 1 aromatic carbocycles. The molecule has 0 aliphatic heterocycles. The summed E-state index contributed by atoms with van der Waals surface area (Å²) in [5.74, 6) is -0.223. The highest BCUT2D eigenvalue weighted by Crippen LogP contribution is 2.24. The van der Waals surface area contributed by atoms with Crippen LogP contribution in [-0.4, -0.2) is 30.3 Å². The van der Waals surface area contributed by atoms with E-state index in [1.165, 1.54) is 12.4 Å². The molecule has 0 atom stereocenters. The average molecular weight is 236 g/mol. The lowest BCUT2D eigenvalue weighted by atomic mass is 10.2. The summed E-state index contributed by atoms with van der Waals surface area (Å²) in [6.07, 6.45) is 1.42. The van der Waals surface area contributed by atoms with Crippen molar-refractivity contribution in [1.82, 2.24) is 9.97 Å². The Morgan fingerprint density at radius 3 is 2.82 bits per heavy atom. The number of hydrogen-bond donors (Lipinski definition) is 0. The van der Waals surface area contributed by atoms with E-state index in [4.69, 9.17) is 9.47 Å². The minimum absolute atomic E-state index is 0.201. The molecule has 0 saturated carbocycles. The third-order valence-electron chi connectivity index (χ3n) is 2.43. The Labute approximate surface area is 98.4 Å². The van der Waals surface area contributed by atoms with Crippen LogP contribution in [0, 0.1) is 12.7 Å². The molecule has 0 aliphatic rings. The van der Waals surface area contributed by atoms with Crippen LogP contribution in [0.3, 0.4) is 0 Å². The number of halogens is 1. The van der Waals surface area contributed by atoms with E-state index in [1.54, 1.807) is 13.2 Å². The molecule has 0 aliphatic carbocycles. The molecule has 0 amide bonds. The molecule has 1 aromatic heterocycles. The van der Waals surface area contributed by atoms with Gasteiger partial charge in [-0.05, 0) is 13.0 Å². The number of hydrogen-bond acceptors (Lipinski definition) is 4. The average Bonchev–Trinajstić information content (AvgIpc) is 2.31. The van der Waals surface area contributed by atoms with Gasteiger partial charge in [0, 0.05) is 24.3 Å². The normalized spacial score (nSPS) is 10.8. The summed E-state index contributed by atoms with van der Waals surface area (Å²) < 4.78 is 23.8. The Bertz CT molecular complexity index is 531. The smallest absolute Gasteiger partial charge is 0.167 e. The molecule has 5 heteroatoms. The molecule has 0 radical (unpaired) electrons. The quantitative estimate of drug-likeness (QED) is 0.762. The van der Waals surface area contributed by atoms with E-state index < -0.39 is 5.82 Å². The van der Waals surface area contributed by atoms with Crippen molar-refractivity contribution < 1.29 is 13.9 Å². The lowest BCUT2D eigenvalue weighted by molar-refractivity contribution is 0.144. The van der Waals surface area contributed by atoms with Crippen LogP contribution in [0.1, 0.15) is 5.69 Å². The van der Waals surface area contributed by atoms with Crippen molar-refractivity contribution in [3.8, 4) is 5.75 Å². The number of aromatic nitrogens is 2. The number of nitrogens with zero attached hydrogens (tertiary/aromatic N) is 2. The van der Waals surface area contributed by atoms with Crippen molar-refractivity contribution in [2.75, 3.05) is 20.3 Å². The molecule has 0 spiro atoms. The molecule has 0 fully saturated rings. The highest BCUT2D eigenvalue weighted by molar-refractivity contribution is 5.82.